The van der Waals surface area contributed by atoms with Gasteiger partial charge in [-0.3, -0.25) is 9.78 Å². The number of carbonyl (C=O) groups is 1. The number of hydrogen-bond donors (Lipinski definition) is 1. The number of carbonyl (C=O) groups excluding carboxylic acids is 1. The van der Waals surface area contributed by atoms with Gasteiger partial charge in [-0.1, -0.05) is 18.2 Å². The van der Waals surface area contributed by atoms with Gasteiger partial charge in [-0.15, -0.1) is 0 Å². The zero-order chi connectivity index (χ0) is 14.5. The van der Waals surface area contributed by atoms with Crippen LogP contribution in [0, 0.1) is 0 Å². The minimum Gasteiger partial charge on any atom is -0.467 e. The quantitative estimate of drug-likeness (QED) is 0.797. The van der Waals surface area contributed by atoms with Gasteiger partial charge in [-0.05, 0) is 36.4 Å². The molecule has 1 amide bonds. The highest BCUT2D eigenvalue weighted by Crippen LogP contribution is 2.16. The first-order valence-corrected chi connectivity index (χ1v) is 6.65. The molecule has 2 heterocycles. The summed E-state index contributed by atoms with van der Waals surface area (Å²) in [5.41, 5.74) is 2.49. The molecule has 0 saturated carbocycles. The fourth-order valence-corrected chi connectivity index (χ4v) is 2.01. The SMILES string of the molecule is O=C(NCc1ccco1)c1ccc(-c2ccccn2)cc1. The van der Waals surface area contributed by atoms with Crippen LogP contribution in [-0.4, -0.2) is 10.9 Å². The highest BCUT2D eigenvalue weighted by atomic mass is 16.3. The van der Waals surface area contributed by atoms with E-state index in [1.54, 1.807) is 30.7 Å². The number of nitrogens with zero attached hydrogens (tertiary/aromatic N) is 1. The topological polar surface area (TPSA) is 55.1 Å². The third-order valence-electron chi connectivity index (χ3n) is 3.11. The lowest BCUT2D eigenvalue weighted by Gasteiger charge is -2.05. The monoisotopic (exact) mass is 278 g/mol. The van der Waals surface area contributed by atoms with E-state index in [2.05, 4.69) is 10.3 Å². The van der Waals surface area contributed by atoms with Gasteiger partial charge in [0.15, 0.2) is 0 Å². The van der Waals surface area contributed by atoms with Gasteiger partial charge >= 0.3 is 0 Å². The van der Waals surface area contributed by atoms with Crippen LogP contribution >= 0.6 is 0 Å². The molecule has 0 radical (unpaired) electrons. The van der Waals surface area contributed by atoms with E-state index in [0.29, 0.717) is 12.1 Å². The molecule has 4 nitrogen and oxygen atoms in total. The lowest BCUT2D eigenvalue weighted by molar-refractivity contribution is 0.0948. The third kappa shape index (κ3) is 3.17. The predicted molar refractivity (Wildman–Crippen MR) is 79.6 cm³/mol. The molecule has 1 N–H and O–H groups in total. The summed E-state index contributed by atoms with van der Waals surface area (Å²) in [5, 5.41) is 2.81. The Morgan fingerprint density at radius 2 is 1.90 bits per heavy atom. The minimum atomic E-state index is -0.126. The predicted octanol–water partition coefficient (Wildman–Crippen LogP) is 3.27. The highest BCUT2D eigenvalue weighted by Gasteiger charge is 2.06. The van der Waals surface area contributed by atoms with E-state index < -0.39 is 0 Å². The molecule has 1 aromatic carbocycles. The van der Waals surface area contributed by atoms with E-state index in [-0.39, 0.29) is 5.91 Å². The second-order valence-electron chi connectivity index (χ2n) is 4.55. The molecule has 0 aliphatic heterocycles. The molecule has 0 saturated heterocycles. The van der Waals surface area contributed by atoms with Gasteiger partial charge in [0.05, 0.1) is 18.5 Å². The molecule has 0 unspecified atom stereocenters. The van der Waals surface area contributed by atoms with E-state index in [1.807, 2.05) is 36.4 Å². The van der Waals surface area contributed by atoms with E-state index in [1.165, 1.54) is 0 Å². The maximum atomic E-state index is 12.0. The van der Waals surface area contributed by atoms with Crippen molar-refractivity contribution in [1.29, 1.82) is 0 Å². The zero-order valence-electron chi connectivity index (χ0n) is 11.3. The van der Waals surface area contributed by atoms with E-state index in [0.717, 1.165) is 17.0 Å². The number of hydrogen-bond acceptors (Lipinski definition) is 3. The average Bonchev–Trinajstić information content (AvgIpc) is 3.07. The lowest BCUT2D eigenvalue weighted by Crippen LogP contribution is -2.22. The summed E-state index contributed by atoms with van der Waals surface area (Å²) in [6.45, 7) is 0.383. The standard InChI is InChI=1S/C17H14N2O2/c20-17(19-12-15-4-3-11-21-15)14-8-6-13(7-9-14)16-5-1-2-10-18-16/h1-11H,12H2,(H,19,20). The van der Waals surface area contributed by atoms with Crippen LogP contribution in [0.25, 0.3) is 11.3 Å². The Morgan fingerprint density at radius 3 is 2.57 bits per heavy atom. The second-order valence-corrected chi connectivity index (χ2v) is 4.55. The summed E-state index contributed by atoms with van der Waals surface area (Å²) in [4.78, 5) is 16.3. The number of amides is 1. The first-order valence-electron chi connectivity index (χ1n) is 6.65. The van der Waals surface area contributed by atoms with Gasteiger partial charge in [-0.25, -0.2) is 0 Å². The number of benzene rings is 1. The van der Waals surface area contributed by atoms with Crippen molar-refractivity contribution in [2.24, 2.45) is 0 Å². The Kier molecular flexibility index (Phi) is 3.78. The summed E-state index contributed by atoms with van der Waals surface area (Å²) < 4.78 is 5.17. The molecule has 104 valence electrons. The van der Waals surface area contributed by atoms with Gasteiger partial charge in [0.2, 0.25) is 0 Å². The number of furan rings is 1. The van der Waals surface area contributed by atoms with Crippen LogP contribution in [0.15, 0.2) is 71.5 Å². The maximum absolute atomic E-state index is 12.0. The van der Waals surface area contributed by atoms with Crippen molar-refractivity contribution in [3.63, 3.8) is 0 Å². The molecule has 0 spiro atoms. The van der Waals surface area contributed by atoms with Crippen molar-refractivity contribution >= 4 is 5.91 Å². The van der Waals surface area contributed by atoms with Crippen LogP contribution < -0.4 is 5.32 Å². The van der Waals surface area contributed by atoms with Crippen molar-refractivity contribution in [2.45, 2.75) is 6.54 Å². The Morgan fingerprint density at radius 1 is 1.05 bits per heavy atom. The van der Waals surface area contributed by atoms with Crippen LogP contribution in [0.1, 0.15) is 16.1 Å². The van der Waals surface area contributed by atoms with Crippen LogP contribution in [-0.2, 0) is 6.54 Å². The first kappa shape index (κ1) is 13.1. The highest BCUT2D eigenvalue weighted by molar-refractivity contribution is 5.94. The molecular weight excluding hydrogens is 264 g/mol. The summed E-state index contributed by atoms with van der Waals surface area (Å²) in [7, 11) is 0. The van der Waals surface area contributed by atoms with Crippen molar-refractivity contribution in [3.8, 4) is 11.3 Å². The van der Waals surface area contributed by atoms with Crippen LogP contribution in [0.4, 0.5) is 0 Å². The largest absolute Gasteiger partial charge is 0.467 e. The van der Waals surface area contributed by atoms with Crippen molar-refractivity contribution < 1.29 is 9.21 Å². The molecule has 0 fully saturated rings. The molecule has 4 heteroatoms. The van der Waals surface area contributed by atoms with Gasteiger partial charge in [0, 0.05) is 17.3 Å². The minimum absolute atomic E-state index is 0.126. The van der Waals surface area contributed by atoms with Crippen molar-refractivity contribution in [3.05, 3.63) is 78.4 Å². The number of aromatic nitrogens is 1. The van der Waals surface area contributed by atoms with Gasteiger partial charge in [-0.2, -0.15) is 0 Å². The van der Waals surface area contributed by atoms with Gasteiger partial charge in [0.1, 0.15) is 5.76 Å². The summed E-state index contributed by atoms with van der Waals surface area (Å²) in [5.74, 6) is 0.604. The Balaban J connectivity index is 1.67. The lowest BCUT2D eigenvalue weighted by atomic mass is 10.1. The fourth-order valence-electron chi connectivity index (χ4n) is 2.01. The molecule has 0 bridgehead atoms. The number of nitrogens with one attached hydrogen (secondary N) is 1. The maximum Gasteiger partial charge on any atom is 0.251 e. The van der Waals surface area contributed by atoms with Gasteiger partial charge in [0.25, 0.3) is 5.91 Å². The normalized spacial score (nSPS) is 10.3. The van der Waals surface area contributed by atoms with Gasteiger partial charge < -0.3 is 9.73 Å². The molecule has 3 aromatic rings. The van der Waals surface area contributed by atoms with Crippen LogP contribution in [0.5, 0.6) is 0 Å². The third-order valence-corrected chi connectivity index (χ3v) is 3.11. The van der Waals surface area contributed by atoms with Crippen molar-refractivity contribution in [1.82, 2.24) is 10.3 Å². The summed E-state index contributed by atoms with van der Waals surface area (Å²) in [6.07, 6.45) is 3.34. The Bertz CT molecular complexity index is 704. The number of rotatable bonds is 4. The molecule has 21 heavy (non-hydrogen) atoms. The average molecular weight is 278 g/mol. The van der Waals surface area contributed by atoms with E-state index in [4.69, 9.17) is 4.42 Å². The molecule has 0 aliphatic carbocycles. The summed E-state index contributed by atoms with van der Waals surface area (Å²) >= 11 is 0. The smallest absolute Gasteiger partial charge is 0.251 e. The van der Waals surface area contributed by atoms with Crippen molar-refractivity contribution in [2.75, 3.05) is 0 Å². The molecule has 2 aromatic heterocycles. The summed E-state index contributed by atoms with van der Waals surface area (Å²) in [6, 6.07) is 16.7. The molecular formula is C17H14N2O2. The van der Waals surface area contributed by atoms with E-state index in [9.17, 15) is 4.79 Å². The zero-order valence-corrected chi connectivity index (χ0v) is 11.3. The fraction of sp³-hybridized carbons (Fsp3) is 0.0588. The van der Waals surface area contributed by atoms with Crippen LogP contribution in [0.3, 0.4) is 0 Å². The van der Waals surface area contributed by atoms with Crippen LogP contribution in [0.2, 0.25) is 0 Å². The Hall–Kier alpha value is -2.88. The second kappa shape index (κ2) is 6.05. The first-order chi connectivity index (χ1) is 10.3. The Labute approximate surface area is 122 Å². The molecule has 3 rings (SSSR count). The van der Waals surface area contributed by atoms with E-state index >= 15 is 0 Å². The number of pyridine rings is 1. The molecule has 0 aliphatic rings. The molecule has 0 atom stereocenters.